The second-order valence-corrected chi connectivity index (χ2v) is 8.41. The van der Waals surface area contributed by atoms with Crippen LogP contribution in [0, 0.1) is 0 Å². The summed E-state index contributed by atoms with van der Waals surface area (Å²) in [7, 11) is 0. The van der Waals surface area contributed by atoms with Gasteiger partial charge in [-0.25, -0.2) is 0 Å². The summed E-state index contributed by atoms with van der Waals surface area (Å²) >= 11 is 0. The van der Waals surface area contributed by atoms with Gasteiger partial charge in [-0.05, 0) is 42.3 Å². The number of quaternary nitrogens is 1. The molecule has 0 bridgehead atoms. The number of hydrogen-bond donors (Lipinski definition) is 1. The summed E-state index contributed by atoms with van der Waals surface area (Å²) in [5.41, 5.74) is 3.26. The zero-order valence-electron chi connectivity index (χ0n) is 17.9. The Balaban J connectivity index is 1.33. The first-order chi connectivity index (χ1) is 14.6. The molecule has 1 saturated heterocycles. The van der Waals surface area contributed by atoms with Crippen LogP contribution in [0.2, 0.25) is 0 Å². The van der Waals surface area contributed by atoms with Gasteiger partial charge in [-0.2, -0.15) is 0 Å². The third kappa shape index (κ3) is 4.89. The molecule has 1 heterocycles. The van der Waals surface area contributed by atoms with Crippen molar-refractivity contribution in [3.05, 3.63) is 83.4 Å². The normalized spacial score (nSPS) is 15.1. The van der Waals surface area contributed by atoms with E-state index in [2.05, 4.69) is 42.5 Å². The van der Waals surface area contributed by atoms with Crippen LogP contribution in [0.1, 0.15) is 35.3 Å². The summed E-state index contributed by atoms with van der Waals surface area (Å²) in [6, 6.07) is 23.0. The Bertz CT molecular complexity index is 984. The Morgan fingerprint density at radius 3 is 2.40 bits per heavy atom. The van der Waals surface area contributed by atoms with E-state index in [0.29, 0.717) is 6.61 Å². The van der Waals surface area contributed by atoms with Crippen molar-refractivity contribution in [1.29, 1.82) is 0 Å². The van der Waals surface area contributed by atoms with Crippen molar-refractivity contribution in [3.63, 3.8) is 0 Å². The average Bonchev–Trinajstić information content (AvgIpc) is 2.78. The number of rotatable bonds is 6. The number of carbonyl (C=O) groups is 1. The van der Waals surface area contributed by atoms with Gasteiger partial charge in [0.1, 0.15) is 6.54 Å². The van der Waals surface area contributed by atoms with E-state index in [-0.39, 0.29) is 12.0 Å². The zero-order valence-corrected chi connectivity index (χ0v) is 17.9. The van der Waals surface area contributed by atoms with Crippen LogP contribution >= 0.6 is 0 Å². The molecule has 0 aromatic heterocycles. The van der Waals surface area contributed by atoms with Crippen LogP contribution in [-0.4, -0.2) is 43.1 Å². The van der Waals surface area contributed by atoms with Crippen molar-refractivity contribution < 1.29 is 14.4 Å². The minimum absolute atomic E-state index is 0.135. The van der Waals surface area contributed by atoms with Gasteiger partial charge < -0.3 is 14.5 Å². The summed E-state index contributed by atoms with van der Waals surface area (Å²) in [5.74, 6) is 0.135. The Labute approximate surface area is 179 Å². The van der Waals surface area contributed by atoms with Crippen LogP contribution in [0.15, 0.2) is 66.7 Å². The van der Waals surface area contributed by atoms with Gasteiger partial charge in [-0.15, -0.1) is 0 Å². The van der Waals surface area contributed by atoms with Crippen LogP contribution in [-0.2, 0) is 17.9 Å². The number of fused-ring (bicyclic) bond motifs is 1. The van der Waals surface area contributed by atoms with Crippen molar-refractivity contribution in [2.24, 2.45) is 0 Å². The second kappa shape index (κ2) is 9.41. The fraction of sp³-hybridized carbons (Fsp3) is 0.346. The number of nitrogens with zero attached hydrogens (tertiary/aromatic N) is 1. The van der Waals surface area contributed by atoms with Crippen LogP contribution < -0.4 is 4.90 Å². The van der Waals surface area contributed by atoms with Crippen molar-refractivity contribution >= 4 is 16.7 Å². The molecule has 1 aliphatic rings. The number of amides is 1. The van der Waals surface area contributed by atoms with Gasteiger partial charge in [0.05, 0.1) is 38.9 Å². The van der Waals surface area contributed by atoms with Crippen LogP contribution in [0.3, 0.4) is 0 Å². The average molecular weight is 404 g/mol. The van der Waals surface area contributed by atoms with Gasteiger partial charge in [-0.1, -0.05) is 54.6 Å². The van der Waals surface area contributed by atoms with E-state index in [1.807, 2.05) is 43.0 Å². The number of carbonyl (C=O) groups excluding carboxylic acids is 1. The summed E-state index contributed by atoms with van der Waals surface area (Å²) in [6.07, 6.45) is 0.207. The molecule has 0 aliphatic carbocycles. The maximum absolute atomic E-state index is 12.9. The van der Waals surface area contributed by atoms with E-state index in [0.717, 1.165) is 43.9 Å². The minimum Gasteiger partial charge on any atom is -0.374 e. The van der Waals surface area contributed by atoms with Gasteiger partial charge in [0.25, 0.3) is 5.91 Å². The molecule has 0 spiro atoms. The lowest BCUT2D eigenvalue weighted by atomic mass is 10.0. The predicted molar refractivity (Wildman–Crippen MR) is 121 cm³/mol. The maximum atomic E-state index is 12.9. The second-order valence-electron chi connectivity index (χ2n) is 8.41. The first kappa shape index (κ1) is 20.6. The SMILES string of the molecule is CC(C)OCc1ccc(C(=O)N2CC[NH+](Cc3cccc4ccccc34)CC2)cc1. The topological polar surface area (TPSA) is 34.0 Å². The third-order valence-electron chi connectivity index (χ3n) is 5.86. The molecule has 1 amide bonds. The highest BCUT2D eigenvalue weighted by Gasteiger charge is 2.25. The van der Waals surface area contributed by atoms with Gasteiger partial charge in [-0.3, -0.25) is 4.79 Å². The van der Waals surface area contributed by atoms with Crippen LogP contribution in [0.25, 0.3) is 10.8 Å². The Kier molecular flexibility index (Phi) is 6.46. The third-order valence-corrected chi connectivity index (χ3v) is 5.86. The Morgan fingerprint density at radius 2 is 1.67 bits per heavy atom. The fourth-order valence-corrected chi connectivity index (χ4v) is 4.11. The maximum Gasteiger partial charge on any atom is 0.254 e. The number of hydrogen-bond acceptors (Lipinski definition) is 2. The quantitative estimate of drug-likeness (QED) is 0.685. The molecular weight excluding hydrogens is 372 g/mol. The van der Waals surface area contributed by atoms with E-state index in [1.165, 1.54) is 21.2 Å². The lowest BCUT2D eigenvalue weighted by molar-refractivity contribution is -0.917. The molecule has 4 heteroatoms. The van der Waals surface area contributed by atoms with Gasteiger partial charge in [0.15, 0.2) is 0 Å². The lowest BCUT2D eigenvalue weighted by Gasteiger charge is -2.32. The van der Waals surface area contributed by atoms with Crippen molar-refractivity contribution in [2.45, 2.75) is 33.1 Å². The molecule has 1 aliphatic heterocycles. The lowest BCUT2D eigenvalue weighted by Crippen LogP contribution is -3.13. The number of nitrogens with one attached hydrogen (secondary N) is 1. The van der Waals surface area contributed by atoms with Crippen LogP contribution in [0.4, 0.5) is 0 Å². The van der Waals surface area contributed by atoms with Crippen molar-refractivity contribution in [1.82, 2.24) is 4.90 Å². The molecule has 0 saturated carbocycles. The van der Waals surface area contributed by atoms with Crippen LogP contribution in [0.5, 0.6) is 0 Å². The van der Waals surface area contributed by atoms with E-state index >= 15 is 0 Å². The summed E-state index contributed by atoms with van der Waals surface area (Å²) in [4.78, 5) is 16.4. The molecule has 4 nitrogen and oxygen atoms in total. The van der Waals surface area contributed by atoms with Crippen molar-refractivity contribution in [2.75, 3.05) is 26.2 Å². The van der Waals surface area contributed by atoms with Gasteiger partial charge >= 0.3 is 0 Å². The first-order valence-electron chi connectivity index (χ1n) is 10.9. The summed E-state index contributed by atoms with van der Waals surface area (Å²) < 4.78 is 5.63. The highest BCUT2D eigenvalue weighted by molar-refractivity contribution is 5.94. The first-order valence-corrected chi connectivity index (χ1v) is 10.9. The highest BCUT2D eigenvalue weighted by atomic mass is 16.5. The molecule has 1 fully saturated rings. The van der Waals surface area contributed by atoms with Gasteiger partial charge in [0, 0.05) is 11.1 Å². The molecular formula is C26H31N2O2+. The van der Waals surface area contributed by atoms with E-state index in [4.69, 9.17) is 4.74 Å². The molecule has 1 N–H and O–H groups in total. The van der Waals surface area contributed by atoms with E-state index in [9.17, 15) is 4.79 Å². The number of piperazine rings is 1. The number of ether oxygens (including phenoxy) is 1. The summed E-state index contributed by atoms with van der Waals surface area (Å²) in [6.45, 7) is 9.22. The fourth-order valence-electron chi connectivity index (χ4n) is 4.11. The minimum atomic E-state index is 0.135. The monoisotopic (exact) mass is 403 g/mol. The standard InChI is InChI=1S/C26H30N2O2/c1-20(2)30-19-21-10-12-23(13-11-21)26(29)28-16-14-27(15-17-28)18-24-8-5-7-22-6-3-4-9-25(22)24/h3-13,20H,14-19H2,1-2H3/p+1. The largest absolute Gasteiger partial charge is 0.374 e. The molecule has 30 heavy (non-hydrogen) atoms. The van der Waals surface area contributed by atoms with Crippen molar-refractivity contribution in [3.8, 4) is 0 Å². The zero-order chi connectivity index (χ0) is 20.9. The van der Waals surface area contributed by atoms with E-state index in [1.54, 1.807) is 0 Å². The van der Waals surface area contributed by atoms with Gasteiger partial charge in [0.2, 0.25) is 0 Å². The molecule has 156 valence electrons. The van der Waals surface area contributed by atoms with E-state index < -0.39 is 0 Å². The molecule has 3 aromatic rings. The molecule has 3 aromatic carbocycles. The Hall–Kier alpha value is -2.69. The molecule has 0 radical (unpaired) electrons. The smallest absolute Gasteiger partial charge is 0.254 e. The molecule has 0 atom stereocenters. The predicted octanol–water partition coefficient (Wildman–Crippen LogP) is 3.31. The number of benzene rings is 3. The summed E-state index contributed by atoms with van der Waals surface area (Å²) in [5, 5.41) is 2.64. The highest BCUT2D eigenvalue weighted by Crippen LogP contribution is 2.17. The Morgan fingerprint density at radius 1 is 0.967 bits per heavy atom. The molecule has 0 unspecified atom stereocenters. The molecule has 4 rings (SSSR count).